The Hall–Kier alpha value is -1.42. The van der Waals surface area contributed by atoms with E-state index < -0.39 is 0 Å². The van der Waals surface area contributed by atoms with E-state index in [1.165, 1.54) is 12.1 Å². The monoisotopic (exact) mass is 278 g/mol. The summed E-state index contributed by atoms with van der Waals surface area (Å²) in [5, 5.41) is 0. The van der Waals surface area contributed by atoms with E-state index in [-0.39, 0.29) is 11.7 Å². The van der Waals surface area contributed by atoms with Gasteiger partial charge in [0.15, 0.2) is 0 Å². The Balaban J connectivity index is 2.08. The van der Waals surface area contributed by atoms with E-state index in [2.05, 4.69) is 18.7 Å². The quantitative estimate of drug-likeness (QED) is 0.845. The van der Waals surface area contributed by atoms with Gasteiger partial charge in [-0.2, -0.15) is 0 Å². The first kappa shape index (κ1) is 15.0. The number of halogens is 1. The summed E-state index contributed by atoms with van der Waals surface area (Å²) in [5.74, 6) is -0.265. The molecule has 0 spiro atoms. The third kappa shape index (κ3) is 3.01. The lowest BCUT2D eigenvalue weighted by Gasteiger charge is -2.26. The lowest BCUT2D eigenvalue weighted by atomic mass is 10.1. The van der Waals surface area contributed by atoms with E-state index in [0.29, 0.717) is 17.2 Å². The predicted molar refractivity (Wildman–Crippen MR) is 78.4 cm³/mol. The van der Waals surface area contributed by atoms with Crippen LogP contribution in [0.15, 0.2) is 18.2 Å². The number of rotatable bonds is 4. The van der Waals surface area contributed by atoms with Gasteiger partial charge in [0.05, 0.1) is 0 Å². The maximum Gasteiger partial charge on any atom is 0.254 e. The number of aryl methyl sites for hydroxylation is 1. The molecule has 1 aromatic rings. The number of carbonyl (C=O) groups excluding carboxylic acids is 1. The van der Waals surface area contributed by atoms with Crippen molar-refractivity contribution in [3.63, 3.8) is 0 Å². The molecular formula is C16H23FN2O. The molecular weight excluding hydrogens is 255 g/mol. The van der Waals surface area contributed by atoms with Gasteiger partial charge in [0.25, 0.3) is 5.91 Å². The number of likely N-dealkylation sites (N-methyl/N-ethyl adjacent to an activating group) is 1. The molecule has 1 atom stereocenters. The van der Waals surface area contributed by atoms with Crippen LogP contribution in [-0.2, 0) is 0 Å². The molecule has 110 valence electrons. The van der Waals surface area contributed by atoms with E-state index in [4.69, 9.17) is 0 Å². The first-order chi connectivity index (χ1) is 9.56. The Morgan fingerprint density at radius 2 is 2.10 bits per heavy atom. The van der Waals surface area contributed by atoms with Crippen LogP contribution in [0, 0.1) is 12.7 Å². The molecule has 0 aromatic heterocycles. The van der Waals surface area contributed by atoms with Crippen LogP contribution >= 0.6 is 0 Å². The molecule has 1 aliphatic rings. The van der Waals surface area contributed by atoms with Gasteiger partial charge in [0.1, 0.15) is 5.82 Å². The molecule has 4 heteroatoms. The number of carbonyl (C=O) groups is 1. The largest absolute Gasteiger partial charge is 0.337 e. The Morgan fingerprint density at radius 1 is 1.40 bits per heavy atom. The number of hydrogen-bond acceptors (Lipinski definition) is 2. The SMILES string of the molecule is CCN(CC)C1CCN(C(=O)c2ccc(F)cc2C)C1. The first-order valence-electron chi connectivity index (χ1n) is 7.36. The number of benzene rings is 1. The summed E-state index contributed by atoms with van der Waals surface area (Å²) in [6.45, 7) is 9.68. The van der Waals surface area contributed by atoms with Crippen molar-refractivity contribution >= 4 is 5.91 Å². The van der Waals surface area contributed by atoms with Gasteiger partial charge in [-0.3, -0.25) is 9.69 Å². The van der Waals surface area contributed by atoms with Gasteiger partial charge >= 0.3 is 0 Å². The minimum absolute atomic E-state index is 0.0251. The minimum atomic E-state index is -0.290. The fourth-order valence-corrected chi connectivity index (χ4v) is 3.00. The molecule has 3 nitrogen and oxygen atoms in total. The minimum Gasteiger partial charge on any atom is -0.337 e. The van der Waals surface area contributed by atoms with Crippen LogP contribution < -0.4 is 0 Å². The Labute approximate surface area is 120 Å². The van der Waals surface area contributed by atoms with Gasteiger partial charge in [-0.1, -0.05) is 13.8 Å². The molecule has 1 aliphatic heterocycles. The van der Waals surface area contributed by atoms with Gasteiger partial charge in [-0.25, -0.2) is 4.39 Å². The summed E-state index contributed by atoms with van der Waals surface area (Å²) >= 11 is 0. The lowest BCUT2D eigenvalue weighted by Crippen LogP contribution is -2.38. The fourth-order valence-electron chi connectivity index (χ4n) is 3.00. The van der Waals surface area contributed by atoms with E-state index in [1.807, 2.05) is 4.90 Å². The number of likely N-dealkylation sites (tertiary alicyclic amines) is 1. The smallest absolute Gasteiger partial charge is 0.254 e. The average molecular weight is 278 g/mol. The van der Waals surface area contributed by atoms with E-state index >= 15 is 0 Å². The van der Waals surface area contributed by atoms with Crippen molar-refractivity contribution in [3.05, 3.63) is 35.1 Å². The molecule has 1 amide bonds. The highest BCUT2D eigenvalue weighted by Gasteiger charge is 2.30. The number of amides is 1. The molecule has 1 saturated heterocycles. The van der Waals surface area contributed by atoms with Crippen LogP contribution in [0.4, 0.5) is 4.39 Å². The Morgan fingerprint density at radius 3 is 2.70 bits per heavy atom. The summed E-state index contributed by atoms with van der Waals surface area (Å²) in [4.78, 5) is 16.8. The molecule has 1 heterocycles. The van der Waals surface area contributed by atoms with Gasteiger partial charge in [-0.15, -0.1) is 0 Å². The van der Waals surface area contributed by atoms with Crippen molar-refractivity contribution in [2.45, 2.75) is 33.2 Å². The van der Waals surface area contributed by atoms with Gasteiger partial charge in [0, 0.05) is 24.7 Å². The van der Waals surface area contributed by atoms with Crippen molar-refractivity contribution in [3.8, 4) is 0 Å². The van der Waals surface area contributed by atoms with Crippen molar-refractivity contribution < 1.29 is 9.18 Å². The molecule has 1 aromatic carbocycles. The number of nitrogens with zero attached hydrogens (tertiary/aromatic N) is 2. The number of hydrogen-bond donors (Lipinski definition) is 0. The molecule has 0 saturated carbocycles. The molecule has 2 rings (SSSR count). The molecule has 0 bridgehead atoms. The van der Waals surface area contributed by atoms with Gasteiger partial charge in [0.2, 0.25) is 0 Å². The predicted octanol–water partition coefficient (Wildman–Crippen LogP) is 2.69. The molecule has 20 heavy (non-hydrogen) atoms. The highest BCUT2D eigenvalue weighted by atomic mass is 19.1. The second-order valence-electron chi connectivity index (χ2n) is 5.37. The lowest BCUT2D eigenvalue weighted by molar-refractivity contribution is 0.0777. The summed E-state index contributed by atoms with van der Waals surface area (Å²) < 4.78 is 13.1. The summed E-state index contributed by atoms with van der Waals surface area (Å²) in [7, 11) is 0. The molecule has 0 aliphatic carbocycles. The van der Waals surface area contributed by atoms with Gasteiger partial charge < -0.3 is 4.90 Å². The van der Waals surface area contributed by atoms with Crippen LogP contribution in [-0.4, -0.2) is 47.9 Å². The van der Waals surface area contributed by atoms with Gasteiger partial charge in [-0.05, 0) is 50.2 Å². The zero-order valence-electron chi connectivity index (χ0n) is 12.5. The third-order valence-electron chi connectivity index (χ3n) is 4.20. The third-order valence-corrected chi connectivity index (χ3v) is 4.20. The normalized spacial score (nSPS) is 18.9. The van der Waals surface area contributed by atoms with E-state index in [1.54, 1.807) is 13.0 Å². The maximum atomic E-state index is 13.1. The molecule has 1 fully saturated rings. The van der Waals surface area contributed by atoms with Crippen LogP contribution in [0.3, 0.4) is 0 Å². The maximum absolute atomic E-state index is 13.1. The van der Waals surface area contributed by atoms with E-state index in [0.717, 1.165) is 32.6 Å². The van der Waals surface area contributed by atoms with E-state index in [9.17, 15) is 9.18 Å². The zero-order chi connectivity index (χ0) is 14.7. The highest BCUT2D eigenvalue weighted by molar-refractivity contribution is 5.95. The van der Waals surface area contributed by atoms with Crippen molar-refractivity contribution in [2.24, 2.45) is 0 Å². The van der Waals surface area contributed by atoms with Crippen LogP contribution in [0.1, 0.15) is 36.2 Å². The zero-order valence-corrected chi connectivity index (χ0v) is 12.5. The van der Waals surface area contributed by atoms with Crippen LogP contribution in [0.25, 0.3) is 0 Å². The molecule has 0 N–H and O–H groups in total. The first-order valence-corrected chi connectivity index (χ1v) is 7.36. The van der Waals surface area contributed by atoms with Crippen molar-refractivity contribution in [1.29, 1.82) is 0 Å². The second-order valence-corrected chi connectivity index (χ2v) is 5.37. The fraction of sp³-hybridized carbons (Fsp3) is 0.562. The Kier molecular flexibility index (Phi) is 4.76. The van der Waals surface area contributed by atoms with Crippen molar-refractivity contribution in [1.82, 2.24) is 9.80 Å². The standard InChI is InChI=1S/C16H23FN2O/c1-4-18(5-2)14-8-9-19(11-14)16(20)15-7-6-13(17)10-12(15)3/h6-7,10,14H,4-5,8-9,11H2,1-3H3. The second kappa shape index (κ2) is 6.35. The molecule has 1 unspecified atom stereocenters. The Bertz CT molecular complexity index is 485. The van der Waals surface area contributed by atoms with Crippen LogP contribution in [0.2, 0.25) is 0 Å². The summed E-state index contributed by atoms with van der Waals surface area (Å²) in [6.07, 6.45) is 1.02. The van der Waals surface area contributed by atoms with Crippen molar-refractivity contribution in [2.75, 3.05) is 26.2 Å². The summed E-state index contributed by atoms with van der Waals surface area (Å²) in [6, 6.07) is 4.83. The van der Waals surface area contributed by atoms with Crippen LogP contribution in [0.5, 0.6) is 0 Å². The summed E-state index contributed by atoms with van der Waals surface area (Å²) in [5.41, 5.74) is 1.33. The molecule has 0 radical (unpaired) electrons. The highest BCUT2D eigenvalue weighted by Crippen LogP contribution is 2.20. The topological polar surface area (TPSA) is 23.6 Å². The average Bonchev–Trinajstić information content (AvgIpc) is 2.89.